The lowest BCUT2D eigenvalue weighted by Crippen LogP contribution is -2.51. The van der Waals surface area contributed by atoms with Crippen LogP contribution in [0, 0.1) is 13.8 Å². The highest BCUT2D eigenvalue weighted by molar-refractivity contribution is 5.93. The van der Waals surface area contributed by atoms with Gasteiger partial charge in [-0.05, 0) is 57.4 Å². The van der Waals surface area contributed by atoms with E-state index in [1.807, 2.05) is 26.0 Å². The quantitative estimate of drug-likeness (QED) is 0.895. The van der Waals surface area contributed by atoms with E-state index >= 15 is 0 Å². The number of benzene rings is 1. The van der Waals surface area contributed by atoms with Gasteiger partial charge in [0.1, 0.15) is 0 Å². The van der Waals surface area contributed by atoms with Gasteiger partial charge in [0.05, 0.1) is 6.54 Å². The third-order valence-electron chi connectivity index (χ3n) is 4.50. The highest BCUT2D eigenvalue weighted by atomic mass is 16.2. The SMILES string of the molecule is Cc1cccc(NC(=O)CN2CCCCC2C(C)N)c1C. The first-order chi connectivity index (χ1) is 9.99. The van der Waals surface area contributed by atoms with Gasteiger partial charge in [0.25, 0.3) is 0 Å². The van der Waals surface area contributed by atoms with E-state index in [4.69, 9.17) is 5.73 Å². The molecule has 21 heavy (non-hydrogen) atoms. The summed E-state index contributed by atoms with van der Waals surface area (Å²) in [5.74, 6) is 0.0521. The van der Waals surface area contributed by atoms with Crippen molar-refractivity contribution in [1.29, 1.82) is 0 Å². The number of carbonyl (C=O) groups excluding carboxylic acids is 1. The topological polar surface area (TPSA) is 58.4 Å². The lowest BCUT2D eigenvalue weighted by Gasteiger charge is -2.37. The summed E-state index contributed by atoms with van der Waals surface area (Å²) in [5, 5.41) is 3.04. The van der Waals surface area contributed by atoms with Crippen molar-refractivity contribution >= 4 is 11.6 Å². The van der Waals surface area contributed by atoms with E-state index in [9.17, 15) is 4.79 Å². The maximum atomic E-state index is 12.3. The van der Waals surface area contributed by atoms with Crippen LogP contribution in [-0.4, -0.2) is 36.0 Å². The van der Waals surface area contributed by atoms with Crippen molar-refractivity contribution in [2.24, 2.45) is 5.73 Å². The van der Waals surface area contributed by atoms with Crippen LogP contribution in [0.4, 0.5) is 5.69 Å². The Labute approximate surface area is 127 Å². The third kappa shape index (κ3) is 4.05. The Hall–Kier alpha value is -1.39. The van der Waals surface area contributed by atoms with Gasteiger partial charge in [0, 0.05) is 17.8 Å². The summed E-state index contributed by atoms with van der Waals surface area (Å²) in [6.45, 7) is 7.52. The Bertz CT molecular complexity index is 499. The molecule has 2 atom stereocenters. The number of nitrogens with one attached hydrogen (secondary N) is 1. The van der Waals surface area contributed by atoms with Crippen molar-refractivity contribution in [2.45, 2.75) is 52.1 Å². The number of carbonyl (C=O) groups is 1. The molecular formula is C17H27N3O. The van der Waals surface area contributed by atoms with Crippen LogP contribution in [0.25, 0.3) is 0 Å². The molecule has 1 fully saturated rings. The molecule has 0 spiro atoms. The molecule has 1 aromatic rings. The van der Waals surface area contributed by atoms with Gasteiger partial charge in [-0.1, -0.05) is 18.6 Å². The molecule has 3 N–H and O–H groups in total. The predicted molar refractivity (Wildman–Crippen MR) is 87.4 cm³/mol. The first-order valence-electron chi connectivity index (χ1n) is 7.84. The van der Waals surface area contributed by atoms with Crippen LogP contribution < -0.4 is 11.1 Å². The van der Waals surface area contributed by atoms with Crippen molar-refractivity contribution in [3.8, 4) is 0 Å². The van der Waals surface area contributed by atoms with E-state index in [2.05, 4.69) is 23.2 Å². The van der Waals surface area contributed by atoms with E-state index in [1.54, 1.807) is 0 Å². The van der Waals surface area contributed by atoms with E-state index in [1.165, 1.54) is 12.0 Å². The standard InChI is InChI=1S/C17H27N3O/c1-12-7-6-8-15(13(12)2)19-17(21)11-20-10-5-4-9-16(20)14(3)18/h6-8,14,16H,4-5,9-11,18H2,1-3H3,(H,19,21). The minimum absolute atomic E-state index is 0.0521. The Balaban J connectivity index is 1.99. The molecule has 116 valence electrons. The van der Waals surface area contributed by atoms with E-state index < -0.39 is 0 Å². The predicted octanol–water partition coefficient (Wildman–Crippen LogP) is 2.44. The second-order valence-electron chi connectivity index (χ2n) is 6.19. The van der Waals surface area contributed by atoms with Gasteiger partial charge in [0.15, 0.2) is 0 Å². The third-order valence-corrected chi connectivity index (χ3v) is 4.50. The largest absolute Gasteiger partial charge is 0.327 e. The van der Waals surface area contributed by atoms with Crippen LogP contribution >= 0.6 is 0 Å². The molecule has 1 aliphatic heterocycles. The number of hydrogen-bond donors (Lipinski definition) is 2. The second-order valence-corrected chi connectivity index (χ2v) is 6.19. The number of hydrogen-bond acceptors (Lipinski definition) is 3. The molecule has 1 aliphatic rings. The average Bonchev–Trinajstić information content (AvgIpc) is 2.44. The fourth-order valence-electron chi connectivity index (χ4n) is 3.07. The van der Waals surface area contributed by atoms with Crippen LogP contribution in [0.3, 0.4) is 0 Å². The van der Waals surface area contributed by atoms with Crippen molar-refractivity contribution in [3.05, 3.63) is 29.3 Å². The van der Waals surface area contributed by atoms with Gasteiger partial charge in [-0.25, -0.2) is 0 Å². The van der Waals surface area contributed by atoms with E-state index in [-0.39, 0.29) is 11.9 Å². The van der Waals surface area contributed by atoms with Gasteiger partial charge < -0.3 is 11.1 Å². The second kappa shape index (κ2) is 7.05. The highest BCUT2D eigenvalue weighted by Crippen LogP contribution is 2.20. The van der Waals surface area contributed by atoms with Crippen molar-refractivity contribution < 1.29 is 4.79 Å². The maximum Gasteiger partial charge on any atom is 0.238 e. The molecule has 1 amide bonds. The number of piperidine rings is 1. The minimum Gasteiger partial charge on any atom is -0.327 e. The van der Waals surface area contributed by atoms with E-state index in [0.717, 1.165) is 30.6 Å². The average molecular weight is 289 g/mol. The number of amides is 1. The van der Waals surface area contributed by atoms with E-state index in [0.29, 0.717) is 12.6 Å². The molecule has 1 saturated heterocycles. The molecule has 2 unspecified atom stereocenters. The number of aryl methyl sites for hydroxylation is 1. The van der Waals surface area contributed by atoms with Crippen molar-refractivity contribution in [2.75, 3.05) is 18.4 Å². The highest BCUT2D eigenvalue weighted by Gasteiger charge is 2.26. The molecule has 0 aromatic heterocycles. The molecule has 0 bridgehead atoms. The number of anilines is 1. The van der Waals surface area contributed by atoms with Gasteiger partial charge in [-0.2, -0.15) is 0 Å². The lowest BCUT2D eigenvalue weighted by atomic mass is 9.97. The number of nitrogens with zero attached hydrogens (tertiary/aromatic N) is 1. The molecule has 1 heterocycles. The molecule has 2 rings (SSSR count). The first-order valence-corrected chi connectivity index (χ1v) is 7.84. The Morgan fingerprint density at radius 1 is 1.43 bits per heavy atom. The summed E-state index contributed by atoms with van der Waals surface area (Å²) in [4.78, 5) is 14.5. The summed E-state index contributed by atoms with van der Waals surface area (Å²) < 4.78 is 0. The summed E-state index contributed by atoms with van der Waals surface area (Å²) in [7, 11) is 0. The van der Waals surface area contributed by atoms with Crippen LogP contribution in [0.5, 0.6) is 0 Å². The van der Waals surface area contributed by atoms with Crippen LogP contribution in [0.2, 0.25) is 0 Å². The molecule has 1 aromatic carbocycles. The molecule has 0 radical (unpaired) electrons. The number of rotatable bonds is 4. The van der Waals surface area contributed by atoms with Crippen molar-refractivity contribution in [1.82, 2.24) is 4.90 Å². The normalized spacial score (nSPS) is 21.0. The van der Waals surface area contributed by atoms with Gasteiger partial charge in [-0.3, -0.25) is 9.69 Å². The molecular weight excluding hydrogens is 262 g/mol. The number of nitrogens with two attached hydrogens (primary N) is 1. The lowest BCUT2D eigenvalue weighted by molar-refractivity contribution is -0.118. The molecule has 4 nitrogen and oxygen atoms in total. The fourth-order valence-corrected chi connectivity index (χ4v) is 3.07. The minimum atomic E-state index is 0.0521. The zero-order valence-electron chi connectivity index (χ0n) is 13.4. The van der Waals surface area contributed by atoms with Gasteiger partial charge >= 0.3 is 0 Å². The van der Waals surface area contributed by atoms with Gasteiger partial charge in [0.2, 0.25) is 5.91 Å². The summed E-state index contributed by atoms with van der Waals surface area (Å²) in [6.07, 6.45) is 3.45. The molecule has 0 aliphatic carbocycles. The smallest absolute Gasteiger partial charge is 0.238 e. The molecule has 0 saturated carbocycles. The van der Waals surface area contributed by atoms with Crippen molar-refractivity contribution in [3.63, 3.8) is 0 Å². The van der Waals surface area contributed by atoms with Crippen LogP contribution in [0.1, 0.15) is 37.3 Å². The Morgan fingerprint density at radius 3 is 2.90 bits per heavy atom. The maximum absolute atomic E-state index is 12.3. The Morgan fingerprint density at radius 2 is 2.19 bits per heavy atom. The van der Waals surface area contributed by atoms with Gasteiger partial charge in [-0.15, -0.1) is 0 Å². The Kier molecular flexibility index (Phi) is 5.37. The molecule has 4 heteroatoms. The summed E-state index contributed by atoms with van der Waals surface area (Å²) in [5.41, 5.74) is 9.29. The zero-order valence-corrected chi connectivity index (χ0v) is 13.4. The van der Waals surface area contributed by atoms with Crippen LogP contribution in [-0.2, 0) is 4.79 Å². The zero-order chi connectivity index (χ0) is 15.4. The monoisotopic (exact) mass is 289 g/mol. The number of likely N-dealkylation sites (tertiary alicyclic amines) is 1. The first kappa shape index (κ1) is 16.0. The van der Waals surface area contributed by atoms with Crippen LogP contribution in [0.15, 0.2) is 18.2 Å². The fraction of sp³-hybridized carbons (Fsp3) is 0.588. The summed E-state index contributed by atoms with van der Waals surface area (Å²) >= 11 is 0. The summed E-state index contributed by atoms with van der Waals surface area (Å²) in [6, 6.07) is 6.42.